The van der Waals surface area contributed by atoms with Gasteiger partial charge >= 0.3 is 0 Å². The van der Waals surface area contributed by atoms with Crippen LogP contribution in [0.5, 0.6) is 5.75 Å². The van der Waals surface area contributed by atoms with E-state index in [0.29, 0.717) is 0 Å². The van der Waals surface area contributed by atoms with Gasteiger partial charge in [0, 0.05) is 0 Å². The predicted octanol–water partition coefficient (Wildman–Crippen LogP) is 3.81. The molecule has 86 valence electrons. The molecule has 16 heavy (non-hydrogen) atoms. The zero-order chi connectivity index (χ0) is 11.0. The van der Waals surface area contributed by atoms with Crippen molar-refractivity contribution in [3.05, 3.63) is 29.8 Å². The molecule has 0 aromatic heterocycles. The summed E-state index contributed by atoms with van der Waals surface area (Å²) >= 11 is 0. The van der Waals surface area contributed by atoms with Gasteiger partial charge in [-0.25, -0.2) is 0 Å². The predicted molar refractivity (Wildman–Crippen MR) is 65.6 cm³/mol. The minimum absolute atomic E-state index is 0.833. The summed E-state index contributed by atoms with van der Waals surface area (Å²) in [7, 11) is 0. The Labute approximate surface area is 97.8 Å². The second-order valence-corrected chi connectivity index (χ2v) is 5.56. The van der Waals surface area contributed by atoms with Crippen LogP contribution in [0.15, 0.2) is 24.3 Å². The Morgan fingerprint density at radius 1 is 1.12 bits per heavy atom. The summed E-state index contributed by atoms with van der Waals surface area (Å²) < 4.78 is 5.90. The average Bonchev–Trinajstić information content (AvgIpc) is 2.90. The van der Waals surface area contributed by atoms with Gasteiger partial charge in [0.25, 0.3) is 0 Å². The Balaban J connectivity index is 1.55. The molecule has 0 amide bonds. The summed E-state index contributed by atoms with van der Waals surface area (Å²) in [6.07, 6.45) is 5.82. The molecule has 3 rings (SSSR count). The van der Waals surface area contributed by atoms with E-state index in [-0.39, 0.29) is 0 Å². The molecule has 2 bridgehead atoms. The lowest BCUT2D eigenvalue weighted by molar-refractivity contribution is 0.195. The van der Waals surface area contributed by atoms with Crippen LogP contribution in [0.4, 0.5) is 0 Å². The van der Waals surface area contributed by atoms with Crippen molar-refractivity contribution in [2.75, 3.05) is 6.61 Å². The van der Waals surface area contributed by atoms with Crippen molar-refractivity contribution in [2.24, 2.45) is 17.8 Å². The molecule has 3 unspecified atom stereocenters. The number of hydrogen-bond donors (Lipinski definition) is 0. The molecule has 2 aliphatic carbocycles. The molecule has 1 aromatic rings. The lowest BCUT2D eigenvalue weighted by Gasteiger charge is -2.21. The molecule has 1 aromatic carbocycles. The van der Waals surface area contributed by atoms with Crippen LogP contribution >= 0.6 is 0 Å². The SMILES string of the molecule is Cc1ccc(OCC2CC3CCC2C3)cc1. The molecular formula is C15H20O. The standard InChI is InChI=1S/C15H20O/c1-11-2-6-15(7-3-11)16-10-14-9-12-4-5-13(14)8-12/h2-3,6-7,12-14H,4-5,8-10H2,1H3. The highest BCUT2D eigenvalue weighted by Crippen LogP contribution is 2.48. The zero-order valence-electron chi connectivity index (χ0n) is 9.99. The molecule has 1 nitrogen and oxygen atoms in total. The molecule has 0 N–H and O–H groups in total. The van der Waals surface area contributed by atoms with Crippen molar-refractivity contribution in [1.82, 2.24) is 0 Å². The Morgan fingerprint density at radius 2 is 1.94 bits per heavy atom. The normalized spacial score (nSPS) is 31.9. The minimum atomic E-state index is 0.833. The fraction of sp³-hybridized carbons (Fsp3) is 0.600. The van der Waals surface area contributed by atoms with E-state index in [1.165, 1.54) is 31.2 Å². The molecule has 0 heterocycles. The maximum Gasteiger partial charge on any atom is 0.119 e. The monoisotopic (exact) mass is 216 g/mol. The van der Waals surface area contributed by atoms with Crippen molar-refractivity contribution in [3.8, 4) is 5.75 Å². The van der Waals surface area contributed by atoms with Crippen molar-refractivity contribution >= 4 is 0 Å². The van der Waals surface area contributed by atoms with E-state index in [1.54, 1.807) is 0 Å². The first-order chi connectivity index (χ1) is 7.81. The molecule has 1 heteroatoms. The lowest BCUT2D eigenvalue weighted by atomic mass is 9.89. The second-order valence-electron chi connectivity index (χ2n) is 5.56. The van der Waals surface area contributed by atoms with Crippen LogP contribution in [0.2, 0.25) is 0 Å². The molecule has 2 aliphatic rings. The van der Waals surface area contributed by atoms with Gasteiger partial charge in [0.2, 0.25) is 0 Å². The van der Waals surface area contributed by atoms with Crippen molar-refractivity contribution < 1.29 is 4.74 Å². The van der Waals surface area contributed by atoms with Gasteiger partial charge in [-0.1, -0.05) is 24.1 Å². The Bertz CT molecular complexity index is 354. The Hall–Kier alpha value is -0.980. The van der Waals surface area contributed by atoms with Gasteiger partial charge in [-0.3, -0.25) is 0 Å². The van der Waals surface area contributed by atoms with Crippen LogP contribution in [0.25, 0.3) is 0 Å². The van der Waals surface area contributed by atoms with E-state index >= 15 is 0 Å². The third-order valence-electron chi connectivity index (χ3n) is 4.37. The highest BCUT2D eigenvalue weighted by Gasteiger charge is 2.39. The van der Waals surface area contributed by atoms with Crippen molar-refractivity contribution in [2.45, 2.75) is 32.6 Å². The third-order valence-corrected chi connectivity index (χ3v) is 4.37. The maximum absolute atomic E-state index is 5.90. The van der Waals surface area contributed by atoms with E-state index < -0.39 is 0 Å². The number of fused-ring (bicyclic) bond motifs is 2. The van der Waals surface area contributed by atoms with E-state index in [0.717, 1.165) is 30.1 Å². The highest BCUT2D eigenvalue weighted by atomic mass is 16.5. The van der Waals surface area contributed by atoms with Crippen LogP contribution in [0, 0.1) is 24.7 Å². The van der Waals surface area contributed by atoms with Gasteiger partial charge in [-0.15, -0.1) is 0 Å². The minimum Gasteiger partial charge on any atom is -0.493 e. The number of rotatable bonds is 3. The van der Waals surface area contributed by atoms with Crippen LogP contribution in [-0.2, 0) is 0 Å². The topological polar surface area (TPSA) is 9.23 Å². The lowest BCUT2D eigenvalue weighted by Crippen LogP contribution is -2.18. The molecule has 2 saturated carbocycles. The fourth-order valence-corrected chi connectivity index (χ4v) is 3.42. The smallest absolute Gasteiger partial charge is 0.119 e. The van der Waals surface area contributed by atoms with Crippen LogP contribution in [-0.4, -0.2) is 6.61 Å². The molecule has 0 spiro atoms. The number of benzene rings is 1. The summed E-state index contributed by atoms with van der Waals surface area (Å²) in [5, 5.41) is 0. The zero-order valence-corrected chi connectivity index (χ0v) is 9.99. The van der Waals surface area contributed by atoms with Crippen molar-refractivity contribution in [1.29, 1.82) is 0 Å². The van der Waals surface area contributed by atoms with Gasteiger partial charge in [0.05, 0.1) is 6.61 Å². The van der Waals surface area contributed by atoms with Gasteiger partial charge in [-0.05, 0) is 56.1 Å². The first-order valence-corrected chi connectivity index (χ1v) is 6.51. The molecule has 0 aliphatic heterocycles. The van der Waals surface area contributed by atoms with E-state index in [4.69, 9.17) is 4.74 Å². The second kappa shape index (κ2) is 4.12. The Morgan fingerprint density at radius 3 is 2.56 bits per heavy atom. The van der Waals surface area contributed by atoms with E-state index in [1.807, 2.05) is 0 Å². The van der Waals surface area contributed by atoms with Crippen LogP contribution < -0.4 is 4.74 Å². The molecule has 2 fully saturated rings. The van der Waals surface area contributed by atoms with Crippen molar-refractivity contribution in [3.63, 3.8) is 0 Å². The molecule has 0 radical (unpaired) electrons. The average molecular weight is 216 g/mol. The summed E-state index contributed by atoms with van der Waals surface area (Å²) in [6, 6.07) is 8.41. The van der Waals surface area contributed by atoms with Gasteiger partial charge < -0.3 is 4.74 Å². The van der Waals surface area contributed by atoms with Gasteiger partial charge in [0.1, 0.15) is 5.75 Å². The van der Waals surface area contributed by atoms with Gasteiger partial charge in [-0.2, -0.15) is 0 Å². The first kappa shape index (κ1) is 10.2. The number of aryl methyl sites for hydroxylation is 1. The number of hydrogen-bond acceptors (Lipinski definition) is 1. The third kappa shape index (κ3) is 1.95. The largest absolute Gasteiger partial charge is 0.493 e. The van der Waals surface area contributed by atoms with Crippen LogP contribution in [0.1, 0.15) is 31.2 Å². The summed E-state index contributed by atoms with van der Waals surface area (Å²) in [5.74, 6) is 3.86. The summed E-state index contributed by atoms with van der Waals surface area (Å²) in [6.45, 7) is 3.05. The molecule has 3 atom stereocenters. The fourth-order valence-electron chi connectivity index (χ4n) is 3.42. The summed E-state index contributed by atoms with van der Waals surface area (Å²) in [4.78, 5) is 0. The Kier molecular flexibility index (Phi) is 2.62. The van der Waals surface area contributed by atoms with Crippen LogP contribution in [0.3, 0.4) is 0 Å². The molecule has 0 saturated heterocycles. The highest BCUT2D eigenvalue weighted by molar-refractivity contribution is 5.26. The maximum atomic E-state index is 5.90. The number of ether oxygens (including phenoxy) is 1. The van der Waals surface area contributed by atoms with E-state index in [9.17, 15) is 0 Å². The molecular weight excluding hydrogens is 196 g/mol. The summed E-state index contributed by atoms with van der Waals surface area (Å²) in [5.41, 5.74) is 1.30. The quantitative estimate of drug-likeness (QED) is 0.746. The van der Waals surface area contributed by atoms with E-state index in [2.05, 4.69) is 31.2 Å². The van der Waals surface area contributed by atoms with Gasteiger partial charge in [0.15, 0.2) is 0 Å². The first-order valence-electron chi connectivity index (χ1n) is 6.51.